The molecule has 0 aliphatic heterocycles. The van der Waals surface area contributed by atoms with E-state index in [-0.39, 0.29) is 37.7 Å². The second kappa shape index (κ2) is 16.9. The molecule has 0 heterocycles. The van der Waals surface area contributed by atoms with Gasteiger partial charge in [0.2, 0.25) is 0 Å². The lowest BCUT2D eigenvalue weighted by Crippen LogP contribution is -2.43. The Bertz CT molecular complexity index is 1450. The fourth-order valence-corrected chi connectivity index (χ4v) is 8.91. The van der Waals surface area contributed by atoms with E-state index in [1.165, 1.54) is 11.1 Å². The van der Waals surface area contributed by atoms with Crippen LogP contribution in [0.15, 0.2) is 42.5 Å². The van der Waals surface area contributed by atoms with Gasteiger partial charge in [-0.2, -0.15) is 0 Å². The third-order valence-corrected chi connectivity index (χ3v) is 11.5. The van der Waals surface area contributed by atoms with Crippen LogP contribution in [0.4, 0.5) is 0 Å². The first kappa shape index (κ1) is 38.1. The normalized spacial score (nSPS) is 26.4. The fourth-order valence-electron chi connectivity index (χ4n) is 8.04. The molecule has 0 aromatic heterocycles. The zero-order valence-electron chi connectivity index (χ0n) is 28.0. The molecule has 0 spiro atoms. The quantitative estimate of drug-likeness (QED) is 0.0671. The maximum atomic E-state index is 12.5. The minimum atomic E-state index is -3.59. The van der Waals surface area contributed by atoms with E-state index in [4.69, 9.17) is 28.9 Å². The van der Waals surface area contributed by atoms with Crippen LogP contribution in [0.2, 0.25) is 0 Å². The van der Waals surface area contributed by atoms with Gasteiger partial charge < -0.3 is 44.0 Å². The Kier molecular flexibility index (Phi) is 13.1. The van der Waals surface area contributed by atoms with Crippen molar-refractivity contribution in [3.8, 4) is 11.5 Å². The summed E-state index contributed by atoms with van der Waals surface area (Å²) in [6.45, 7) is 3.23. The van der Waals surface area contributed by atoms with Crippen LogP contribution in [0.5, 0.6) is 11.5 Å². The number of hydrogen-bond donors (Lipinski definition) is 5. The lowest BCUT2D eigenvalue weighted by molar-refractivity contribution is -0.280. The van der Waals surface area contributed by atoms with Crippen molar-refractivity contribution in [3.05, 3.63) is 59.2 Å². The number of nitrogens with zero attached hydrogens (tertiary/aromatic N) is 1. The molecule has 5 rings (SSSR count). The van der Waals surface area contributed by atoms with Crippen LogP contribution < -0.4 is 9.47 Å². The summed E-state index contributed by atoms with van der Waals surface area (Å²) < 4.78 is 37.0. The summed E-state index contributed by atoms with van der Waals surface area (Å²) in [7, 11) is -4.84. The standard InChI is InChI=1S/C34H49NO12P2/c1-33-14-13-28-27-10-8-26(20-24(27)7-9-29(28)30(33)11-12-31(33)36)44-22-32(37)45-21-23-5-3-6-25(19-23)43-18-4-16-35(2)17-15-34(38,46-48(39)40)47-49(41)42/h3,5-6,8,10,19-20,28-31,36,38-40,49H,4,7,9,11-18,21-22H2,1-2H3,(H,41,42)/t28-,29-,30+,31+,33+,34?/m1/s1. The number of aliphatic hydroxyl groups excluding tert-OH is 1. The summed E-state index contributed by atoms with van der Waals surface area (Å²) in [6, 6.07) is 13.4. The minimum absolute atomic E-state index is 0.0586. The number of rotatable bonds is 17. The Balaban J connectivity index is 1.01. The van der Waals surface area contributed by atoms with Gasteiger partial charge in [0, 0.05) is 19.5 Å². The molecule has 0 saturated heterocycles. The predicted molar refractivity (Wildman–Crippen MR) is 181 cm³/mol. The molecule has 0 bridgehead atoms. The molecule has 3 aliphatic carbocycles. The summed E-state index contributed by atoms with van der Waals surface area (Å²) >= 11 is 0. The van der Waals surface area contributed by atoms with Crippen LogP contribution in [0.1, 0.15) is 74.5 Å². The molecule has 2 unspecified atom stereocenters. The number of benzene rings is 2. The number of aryl methyl sites for hydroxylation is 1. The van der Waals surface area contributed by atoms with Crippen molar-refractivity contribution in [2.24, 2.45) is 17.3 Å². The molecular weight excluding hydrogens is 676 g/mol. The molecule has 7 atom stereocenters. The highest BCUT2D eigenvalue weighted by Crippen LogP contribution is 2.61. The van der Waals surface area contributed by atoms with Gasteiger partial charge in [0.1, 0.15) is 18.1 Å². The Morgan fingerprint density at radius 3 is 2.65 bits per heavy atom. The van der Waals surface area contributed by atoms with E-state index in [1.807, 2.05) is 18.2 Å². The van der Waals surface area contributed by atoms with Crippen molar-refractivity contribution < 1.29 is 57.5 Å². The number of ether oxygens (including phenoxy) is 3. The Hall–Kier alpha value is -2.15. The molecular formula is C34H49NO12P2. The number of fused-ring (bicyclic) bond motifs is 5. The molecule has 2 aromatic carbocycles. The van der Waals surface area contributed by atoms with Crippen molar-refractivity contribution in [3.63, 3.8) is 0 Å². The minimum Gasteiger partial charge on any atom is -0.494 e. The summed E-state index contributed by atoms with van der Waals surface area (Å²) in [5.74, 6) is -0.0506. The van der Waals surface area contributed by atoms with Crippen molar-refractivity contribution in [1.82, 2.24) is 4.90 Å². The molecule has 13 nitrogen and oxygen atoms in total. The molecule has 15 heteroatoms. The number of hydrogen-bond acceptors (Lipinski definition) is 12. The number of carbonyl (C=O) groups is 1. The molecule has 272 valence electrons. The van der Waals surface area contributed by atoms with Gasteiger partial charge in [-0.05, 0) is 116 Å². The second-order valence-electron chi connectivity index (χ2n) is 13.7. The third kappa shape index (κ3) is 10.0. The van der Waals surface area contributed by atoms with E-state index in [9.17, 15) is 19.6 Å². The van der Waals surface area contributed by atoms with Gasteiger partial charge in [0.25, 0.3) is 5.97 Å². The SMILES string of the molecule is CN(CCCOc1cccc(COC(=O)COc2ccc3c(c2)CC[C@@H]2[C@@H]3CC[C@]3(C)[C@@H](O)CC[C@@H]23)c1)CCC(O)(OP(O)O)O[PH](=O)O. The number of esters is 1. The fraction of sp³-hybridized carbons (Fsp3) is 0.618. The van der Waals surface area contributed by atoms with Gasteiger partial charge in [0.15, 0.2) is 6.61 Å². The van der Waals surface area contributed by atoms with E-state index in [0.29, 0.717) is 48.8 Å². The number of carbonyl (C=O) groups excluding carboxylic acids is 1. The maximum absolute atomic E-state index is 12.5. The topological polar surface area (TPSA) is 185 Å². The van der Waals surface area contributed by atoms with Gasteiger partial charge >= 0.3 is 22.8 Å². The molecule has 2 fully saturated rings. The first-order valence-corrected chi connectivity index (χ1v) is 19.3. The van der Waals surface area contributed by atoms with Crippen molar-refractivity contribution in [2.75, 3.05) is 33.4 Å². The number of aliphatic hydroxyl groups is 2. The second-order valence-corrected chi connectivity index (χ2v) is 15.1. The Morgan fingerprint density at radius 1 is 1.08 bits per heavy atom. The first-order valence-electron chi connectivity index (χ1n) is 16.9. The molecule has 3 aliphatic rings. The lowest BCUT2D eigenvalue weighted by atomic mass is 9.55. The Labute approximate surface area is 289 Å². The lowest BCUT2D eigenvalue weighted by Gasteiger charge is -2.50. The van der Waals surface area contributed by atoms with Crippen molar-refractivity contribution >= 4 is 22.8 Å². The van der Waals surface area contributed by atoms with Gasteiger partial charge in [-0.15, -0.1) is 0 Å². The highest BCUT2D eigenvalue weighted by molar-refractivity contribution is 7.39. The van der Waals surface area contributed by atoms with Crippen molar-refractivity contribution in [2.45, 2.75) is 82.9 Å². The van der Waals surface area contributed by atoms with Crippen LogP contribution in [0.3, 0.4) is 0 Å². The monoisotopic (exact) mass is 725 g/mol. The van der Waals surface area contributed by atoms with Crippen LogP contribution in [-0.4, -0.2) is 81.2 Å². The van der Waals surface area contributed by atoms with Gasteiger partial charge in [-0.3, -0.25) is 13.6 Å². The third-order valence-electron chi connectivity index (χ3n) is 10.5. The van der Waals surface area contributed by atoms with Crippen LogP contribution in [0.25, 0.3) is 0 Å². The molecule has 0 amide bonds. The summed E-state index contributed by atoms with van der Waals surface area (Å²) in [5, 5.41) is 20.8. The Morgan fingerprint density at radius 2 is 1.88 bits per heavy atom. The largest absolute Gasteiger partial charge is 0.494 e. The summed E-state index contributed by atoms with van der Waals surface area (Å²) in [4.78, 5) is 41.3. The predicted octanol–water partition coefficient (Wildman–Crippen LogP) is 4.39. The van der Waals surface area contributed by atoms with Gasteiger partial charge in [-0.25, -0.2) is 4.79 Å². The highest BCUT2D eigenvalue weighted by Gasteiger charge is 2.54. The van der Waals surface area contributed by atoms with Crippen LogP contribution in [0, 0.1) is 17.3 Å². The van der Waals surface area contributed by atoms with E-state index in [0.717, 1.165) is 44.1 Å². The molecule has 2 saturated carbocycles. The average molecular weight is 726 g/mol. The first-order chi connectivity index (χ1) is 23.3. The van der Waals surface area contributed by atoms with E-state index < -0.39 is 28.8 Å². The average Bonchev–Trinajstić information content (AvgIpc) is 3.36. The van der Waals surface area contributed by atoms with Gasteiger partial charge in [-0.1, -0.05) is 25.1 Å². The van der Waals surface area contributed by atoms with E-state index >= 15 is 0 Å². The molecule has 2 aromatic rings. The molecule has 0 radical (unpaired) electrons. The summed E-state index contributed by atoms with van der Waals surface area (Å²) in [5.41, 5.74) is 3.52. The maximum Gasteiger partial charge on any atom is 0.344 e. The smallest absolute Gasteiger partial charge is 0.344 e. The zero-order chi connectivity index (χ0) is 35.2. The van der Waals surface area contributed by atoms with E-state index in [2.05, 4.69) is 28.1 Å². The van der Waals surface area contributed by atoms with Crippen LogP contribution >= 0.6 is 16.9 Å². The van der Waals surface area contributed by atoms with Crippen LogP contribution in [-0.2, 0) is 36.2 Å². The van der Waals surface area contributed by atoms with Crippen molar-refractivity contribution in [1.29, 1.82) is 0 Å². The summed E-state index contributed by atoms with van der Waals surface area (Å²) in [6.07, 6.45) is 6.46. The highest BCUT2D eigenvalue weighted by atomic mass is 31.2. The van der Waals surface area contributed by atoms with Gasteiger partial charge in [0.05, 0.1) is 12.7 Å². The zero-order valence-corrected chi connectivity index (χ0v) is 29.9. The van der Waals surface area contributed by atoms with E-state index in [1.54, 1.807) is 24.1 Å². The molecule has 49 heavy (non-hydrogen) atoms. The molecule has 5 N–H and O–H groups in total.